The van der Waals surface area contributed by atoms with Crippen LogP contribution in [-0.2, 0) is 9.47 Å². The third kappa shape index (κ3) is 4.05. The van der Waals surface area contributed by atoms with Crippen LogP contribution in [0, 0.1) is 5.41 Å². The van der Waals surface area contributed by atoms with E-state index in [4.69, 9.17) is 14.2 Å². The molecule has 0 aliphatic carbocycles. The van der Waals surface area contributed by atoms with Crippen molar-refractivity contribution in [2.45, 2.75) is 33.0 Å². The van der Waals surface area contributed by atoms with Gasteiger partial charge in [-0.1, -0.05) is 13.8 Å². The molecule has 4 heteroatoms. The summed E-state index contributed by atoms with van der Waals surface area (Å²) >= 11 is 0. The molecule has 0 atom stereocenters. The van der Waals surface area contributed by atoms with Crippen LogP contribution in [0.25, 0.3) is 0 Å². The SMILES string of the molecule is COc1ccc(C(=O)CCC2OCC(C)(C)CO2)cc1. The summed E-state index contributed by atoms with van der Waals surface area (Å²) < 4.78 is 16.3. The number of ether oxygens (including phenoxy) is 3. The fourth-order valence-electron chi connectivity index (χ4n) is 2.06. The number of Topliss-reactive ketones (excluding diaryl/α,β-unsaturated/α-hetero) is 1. The minimum absolute atomic E-state index is 0.0660. The van der Waals surface area contributed by atoms with Crippen molar-refractivity contribution in [1.29, 1.82) is 0 Å². The maximum absolute atomic E-state index is 12.1. The molecule has 0 bridgehead atoms. The molecule has 1 heterocycles. The first-order valence-electron chi connectivity index (χ1n) is 6.91. The smallest absolute Gasteiger partial charge is 0.163 e. The lowest BCUT2D eigenvalue weighted by molar-refractivity contribution is -0.223. The van der Waals surface area contributed by atoms with Gasteiger partial charge >= 0.3 is 0 Å². The van der Waals surface area contributed by atoms with Crippen LogP contribution in [0.4, 0.5) is 0 Å². The minimum Gasteiger partial charge on any atom is -0.497 e. The lowest BCUT2D eigenvalue weighted by Crippen LogP contribution is -2.37. The normalized spacial score (nSPS) is 18.8. The maximum atomic E-state index is 12.1. The largest absolute Gasteiger partial charge is 0.497 e. The second-order valence-corrected chi connectivity index (χ2v) is 5.91. The van der Waals surface area contributed by atoms with Crippen molar-refractivity contribution in [3.05, 3.63) is 29.8 Å². The molecule has 2 rings (SSSR count). The lowest BCUT2D eigenvalue weighted by atomic mass is 9.95. The van der Waals surface area contributed by atoms with Crippen LogP contribution in [0.15, 0.2) is 24.3 Å². The van der Waals surface area contributed by atoms with E-state index in [1.807, 2.05) is 0 Å². The van der Waals surface area contributed by atoms with Gasteiger partial charge in [0.15, 0.2) is 12.1 Å². The monoisotopic (exact) mass is 278 g/mol. The van der Waals surface area contributed by atoms with Gasteiger partial charge in [-0.15, -0.1) is 0 Å². The quantitative estimate of drug-likeness (QED) is 0.776. The summed E-state index contributed by atoms with van der Waals surface area (Å²) in [5, 5.41) is 0. The minimum atomic E-state index is -0.259. The molecule has 0 aromatic heterocycles. The molecule has 1 fully saturated rings. The zero-order valence-electron chi connectivity index (χ0n) is 12.3. The second kappa shape index (κ2) is 6.37. The molecular weight excluding hydrogens is 256 g/mol. The second-order valence-electron chi connectivity index (χ2n) is 5.91. The van der Waals surface area contributed by atoms with Gasteiger partial charge < -0.3 is 14.2 Å². The summed E-state index contributed by atoms with van der Waals surface area (Å²) in [7, 11) is 1.61. The Bertz CT molecular complexity index is 440. The third-order valence-electron chi connectivity index (χ3n) is 3.34. The Kier molecular flexibility index (Phi) is 4.78. The van der Waals surface area contributed by atoms with Crippen molar-refractivity contribution in [2.24, 2.45) is 5.41 Å². The molecule has 0 N–H and O–H groups in total. The Morgan fingerprint density at radius 1 is 1.25 bits per heavy atom. The van der Waals surface area contributed by atoms with Crippen LogP contribution in [0.3, 0.4) is 0 Å². The van der Waals surface area contributed by atoms with Gasteiger partial charge in [-0.05, 0) is 24.3 Å². The number of carbonyl (C=O) groups is 1. The molecule has 0 unspecified atom stereocenters. The predicted octanol–water partition coefficient (Wildman–Crippen LogP) is 3.06. The van der Waals surface area contributed by atoms with Crippen LogP contribution < -0.4 is 4.74 Å². The summed E-state index contributed by atoms with van der Waals surface area (Å²) in [5.74, 6) is 0.854. The standard InChI is InChI=1S/C16H22O4/c1-16(2)10-19-15(20-11-16)9-8-14(17)12-4-6-13(18-3)7-5-12/h4-7,15H,8-11H2,1-3H3. The Morgan fingerprint density at radius 2 is 1.85 bits per heavy atom. The van der Waals surface area contributed by atoms with E-state index in [0.29, 0.717) is 31.6 Å². The molecular formula is C16H22O4. The van der Waals surface area contributed by atoms with E-state index < -0.39 is 0 Å². The first kappa shape index (κ1) is 15.0. The van der Waals surface area contributed by atoms with Gasteiger partial charge in [0.25, 0.3) is 0 Å². The molecule has 1 aromatic rings. The molecule has 110 valence electrons. The predicted molar refractivity (Wildman–Crippen MR) is 76.0 cm³/mol. The number of carbonyl (C=O) groups excluding carboxylic acids is 1. The van der Waals surface area contributed by atoms with E-state index >= 15 is 0 Å². The first-order valence-corrected chi connectivity index (χ1v) is 6.91. The average molecular weight is 278 g/mol. The number of hydrogen-bond acceptors (Lipinski definition) is 4. The number of rotatable bonds is 5. The first-order chi connectivity index (χ1) is 9.50. The van der Waals surface area contributed by atoms with Gasteiger partial charge in [0.2, 0.25) is 0 Å². The van der Waals surface area contributed by atoms with E-state index in [1.54, 1.807) is 31.4 Å². The van der Waals surface area contributed by atoms with Crippen molar-refractivity contribution in [3.8, 4) is 5.75 Å². The topological polar surface area (TPSA) is 44.8 Å². The molecule has 0 spiro atoms. The van der Waals surface area contributed by atoms with Gasteiger partial charge in [-0.3, -0.25) is 4.79 Å². The van der Waals surface area contributed by atoms with Gasteiger partial charge in [-0.2, -0.15) is 0 Å². The van der Waals surface area contributed by atoms with Crippen molar-refractivity contribution >= 4 is 5.78 Å². The fourth-order valence-corrected chi connectivity index (χ4v) is 2.06. The van der Waals surface area contributed by atoms with E-state index in [-0.39, 0.29) is 17.5 Å². The van der Waals surface area contributed by atoms with Crippen LogP contribution >= 0.6 is 0 Å². The van der Waals surface area contributed by atoms with Crippen molar-refractivity contribution < 1.29 is 19.0 Å². The van der Waals surface area contributed by atoms with E-state index in [2.05, 4.69) is 13.8 Å². The Morgan fingerprint density at radius 3 is 2.40 bits per heavy atom. The fraction of sp³-hybridized carbons (Fsp3) is 0.562. The van der Waals surface area contributed by atoms with Gasteiger partial charge in [-0.25, -0.2) is 0 Å². The highest BCUT2D eigenvalue weighted by molar-refractivity contribution is 5.96. The van der Waals surface area contributed by atoms with Crippen molar-refractivity contribution in [1.82, 2.24) is 0 Å². The van der Waals surface area contributed by atoms with Crippen LogP contribution in [0.1, 0.15) is 37.0 Å². The third-order valence-corrected chi connectivity index (χ3v) is 3.34. The molecule has 20 heavy (non-hydrogen) atoms. The zero-order valence-corrected chi connectivity index (χ0v) is 12.3. The van der Waals surface area contributed by atoms with Crippen molar-refractivity contribution in [3.63, 3.8) is 0 Å². The Labute approximate surface area is 120 Å². The summed E-state index contributed by atoms with van der Waals surface area (Å²) in [6.07, 6.45) is 0.767. The molecule has 1 aliphatic rings. The van der Waals surface area contributed by atoms with Gasteiger partial charge in [0.05, 0.1) is 20.3 Å². The van der Waals surface area contributed by atoms with Crippen LogP contribution in [-0.4, -0.2) is 32.4 Å². The number of benzene rings is 1. The molecule has 1 saturated heterocycles. The molecule has 0 amide bonds. The summed E-state index contributed by atoms with van der Waals surface area (Å²) in [6, 6.07) is 7.16. The highest BCUT2D eigenvalue weighted by atomic mass is 16.7. The zero-order chi connectivity index (χ0) is 14.6. The average Bonchev–Trinajstić information content (AvgIpc) is 2.46. The molecule has 0 saturated carbocycles. The van der Waals surface area contributed by atoms with Gasteiger partial charge in [0, 0.05) is 23.8 Å². The molecule has 1 aromatic carbocycles. The van der Waals surface area contributed by atoms with E-state index in [9.17, 15) is 4.79 Å². The molecule has 4 nitrogen and oxygen atoms in total. The Balaban J connectivity index is 1.80. The van der Waals surface area contributed by atoms with E-state index in [0.717, 1.165) is 5.75 Å². The number of hydrogen-bond donors (Lipinski definition) is 0. The Hall–Kier alpha value is -1.39. The van der Waals surface area contributed by atoms with Gasteiger partial charge in [0.1, 0.15) is 5.75 Å². The maximum Gasteiger partial charge on any atom is 0.163 e. The highest BCUT2D eigenvalue weighted by Gasteiger charge is 2.28. The number of ketones is 1. The summed E-state index contributed by atoms with van der Waals surface area (Å²) in [6.45, 7) is 5.56. The lowest BCUT2D eigenvalue weighted by Gasteiger charge is -2.34. The highest BCUT2D eigenvalue weighted by Crippen LogP contribution is 2.25. The van der Waals surface area contributed by atoms with Crippen LogP contribution in [0.5, 0.6) is 5.75 Å². The molecule has 1 aliphatic heterocycles. The van der Waals surface area contributed by atoms with E-state index in [1.165, 1.54) is 0 Å². The summed E-state index contributed by atoms with van der Waals surface area (Å²) in [4.78, 5) is 12.1. The molecule has 0 radical (unpaired) electrons. The van der Waals surface area contributed by atoms with Crippen LogP contribution in [0.2, 0.25) is 0 Å². The number of methoxy groups -OCH3 is 1. The summed E-state index contributed by atoms with van der Waals surface area (Å²) in [5.41, 5.74) is 0.762. The van der Waals surface area contributed by atoms with Crippen molar-refractivity contribution in [2.75, 3.05) is 20.3 Å².